The average Bonchev–Trinajstić information content (AvgIpc) is 2.79. The number of amides is 1. The van der Waals surface area contributed by atoms with E-state index in [4.69, 9.17) is 4.74 Å². The van der Waals surface area contributed by atoms with Gasteiger partial charge in [-0.15, -0.1) is 0 Å². The molecule has 0 saturated carbocycles. The molecule has 0 radical (unpaired) electrons. The summed E-state index contributed by atoms with van der Waals surface area (Å²) in [6.45, 7) is 4.64. The molecule has 0 aliphatic carbocycles. The van der Waals surface area contributed by atoms with E-state index in [-0.39, 0.29) is 17.7 Å². The van der Waals surface area contributed by atoms with Crippen LogP contribution in [0.1, 0.15) is 65.8 Å². The number of piperidine rings is 1. The SMILES string of the molecule is CCOC(=O)C1(CCCc2ccccc2)CCCN(C(=O)c2ccc(C(C)=O)cc2)C1. The number of ketones is 1. The zero-order chi connectivity index (χ0) is 22.3. The van der Waals surface area contributed by atoms with Gasteiger partial charge in [0, 0.05) is 24.2 Å². The van der Waals surface area contributed by atoms with E-state index in [0.717, 1.165) is 25.7 Å². The van der Waals surface area contributed by atoms with Gasteiger partial charge in [0.15, 0.2) is 5.78 Å². The Bertz CT molecular complexity index is 907. The van der Waals surface area contributed by atoms with Crippen molar-refractivity contribution in [3.63, 3.8) is 0 Å². The highest BCUT2D eigenvalue weighted by atomic mass is 16.5. The van der Waals surface area contributed by atoms with Crippen LogP contribution in [0, 0.1) is 5.41 Å². The Hall–Kier alpha value is -2.95. The van der Waals surface area contributed by atoms with Gasteiger partial charge in [0.25, 0.3) is 5.91 Å². The minimum Gasteiger partial charge on any atom is -0.466 e. The number of rotatable bonds is 8. The first-order chi connectivity index (χ1) is 14.9. The first-order valence-corrected chi connectivity index (χ1v) is 11.1. The number of hydrogen-bond donors (Lipinski definition) is 0. The quantitative estimate of drug-likeness (QED) is 0.458. The van der Waals surface area contributed by atoms with Crippen LogP contribution in [0.5, 0.6) is 0 Å². The lowest BCUT2D eigenvalue weighted by atomic mass is 9.75. The maximum absolute atomic E-state index is 13.1. The van der Waals surface area contributed by atoms with Crippen LogP contribution in [0.15, 0.2) is 54.6 Å². The molecule has 31 heavy (non-hydrogen) atoms. The fraction of sp³-hybridized carbons (Fsp3) is 0.423. The fourth-order valence-electron chi connectivity index (χ4n) is 4.37. The topological polar surface area (TPSA) is 63.7 Å². The molecule has 0 N–H and O–H groups in total. The van der Waals surface area contributed by atoms with E-state index in [1.54, 1.807) is 29.2 Å². The van der Waals surface area contributed by atoms with Crippen molar-refractivity contribution in [3.05, 3.63) is 71.3 Å². The Morgan fingerprint density at radius 2 is 1.68 bits per heavy atom. The number of esters is 1. The number of hydrogen-bond acceptors (Lipinski definition) is 4. The number of likely N-dealkylation sites (tertiary alicyclic amines) is 1. The molecule has 3 rings (SSSR count). The van der Waals surface area contributed by atoms with Crippen LogP contribution in [0.4, 0.5) is 0 Å². The number of nitrogens with zero attached hydrogens (tertiary/aromatic N) is 1. The monoisotopic (exact) mass is 421 g/mol. The Morgan fingerprint density at radius 1 is 1.00 bits per heavy atom. The highest BCUT2D eigenvalue weighted by Gasteiger charge is 2.44. The highest BCUT2D eigenvalue weighted by molar-refractivity contribution is 5.98. The summed E-state index contributed by atoms with van der Waals surface area (Å²) in [5.41, 5.74) is 1.69. The maximum Gasteiger partial charge on any atom is 0.313 e. The number of carbonyl (C=O) groups is 3. The van der Waals surface area contributed by atoms with Gasteiger partial charge in [-0.3, -0.25) is 14.4 Å². The average molecular weight is 422 g/mol. The van der Waals surface area contributed by atoms with Crippen molar-refractivity contribution < 1.29 is 19.1 Å². The van der Waals surface area contributed by atoms with Crippen LogP contribution in [0.3, 0.4) is 0 Å². The molecule has 1 amide bonds. The van der Waals surface area contributed by atoms with Gasteiger partial charge in [0.2, 0.25) is 0 Å². The van der Waals surface area contributed by atoms with Crippen molar-refractivity contribution in [1.29, 1.82) is 0 Å². The molecule has 1 unspecified atom stereocenters. The third-order valence-corrected chi connectivity index (χ3v) is 6.07. The molecule has 0 bridgehead atoms. The summed E-state index contributed by atoms with van der Waals surface area (Å²) in [6, 6.07) is 17.0. The van der Waals surface area contributed by atoms with Gasteiger partial charge in [0.1, 0.15) is 0 Å². The standard InChI is InChI=1S/C26H31NO4/c1-3-31-25(30)26(16-7-11-21-9-5-4-6-10-21)17-8-18-27(19-26)24(29)23-14-12-22(13-15-23)20(2)28/h4-6,9-10,12-15H,3,7-8,11,16-19H2,1-2H3. The Morgan fingerprint density at radius 3 is 2.32 bits per heavy atom. The van der Waals surface area contributed by atoms with E-state index in [2.05, 4.69) is 12.1 Å². The highest BCUT2D eigenvalue weighted by Crippen LogP contribution is 2.37. The van der Waals surface area contributed by atoms with E-state index in [0.29, 0.717) is 37.2 Å². The third-order valence-electron chi connectivity index (χ3n) is 6.07. The van der Waals surface area contributed by atoms with E-state index < -0.39 is 5.41 Å². The van der Waals surface area contributed by atoms with Crippen LogP contribution in [-0.4, -0.2) is 42.3 Å². The van der Waals surface area contributed by atoms with Crippen molar-refractivity contribution in [2.75, 3.05) is 19.7 Å². The molecule has 2 aromatic rings. The minimum atomic E-state index is -0.669. The second-order valence-corrected chi connectivity index (χ2v) is 8.30. The van der Waals surface area contributed by atoms with E-state index in [1.165, 1.54) is 12.5 Å². The summed E-state index contributed by atoms with van der Waals surface area (Å²) < 4.78 is 5.45. The first kappa shape index (κ1) is 22.7. The molecule has 0 aromatic heterocycles. The van der Waals surface area contributed by atoms with Crippen LogP contribution < -0.4 is 0 Å². The lowest BCUT2D eigenvalue weighted by Gasteiger charge is -2.41. The van der Waals surface area contributed by atoms with Crippen molar-refractivity contribution >= 4 is 17.7 Å². The summed E-state index contributed by atoms with van der Waals surface area (Å²) in [7, 11) is 0. The molecule has 0 spiro atoms. The van der Waals surface area contributed by atoms with E-state index in [1.807, 2.05) is 25.1 Å². The molecule has 5 nitrogen and oxygen atoms in total. The molecule has 1 heterocycles. The molecule has 164 valence electrons. The first-order valence-electron chi connectivity index (χ1n) is 11.1. The second kappa shape index (κ2) is 10.4. The van der Waals surface area contributed by atoms with Crippen LogP contribution in [-0.2, 0) is 16.0 Å². The Balaban J connectivity index is 1.73. The molecule has 1 atom stereocenters. The van der Waals surface area contributed by atoms with Crippen molar-refractivity contribution in [2.45, 2.75) is 46.0 Å². The Kier molecular flexibility index (Phi) is 7.61. The summed E-state index contributed by atoms with van der Waals surface area (Å²) in [4.78, 5) is 39.4. The smallest absolute Gasteiger partial charge is 0.313 e. The second-order valence-electron chi connectivity index (χ2n) is 8.30. The number of benzene rings is 2. The lowest BCUT2D eigenvalue weighted by Crippen LogP contribution is -2.50. The molecule has 2 aromatic carbocycles. The van der Waals surface area contributed by atoms with Crippen molar-refractivity contribution in [3.8, 4) is 0 Å². The molecular weight excluding hydrogens is 390 g/mol. The van der Waals surface area contributed by atoms with E-state index >= 15 is 0 Å². The predicted molar refractivity (Wildman–Crippen MR) is 120 cm³/mol. The van der Waals surface area contributed by atoms with Gasteiger partial charge in [0.05, 0.1) is 12.0 Å². The van der Waals surface area contributed by atoms with Gasteiger partial charge in [-0.05, 0) is 63.6 Å². The van der Waals surface area contributed by atoms with Crippen LogP contribution >= 0.6 is 0 Å². The van der Waals surface area contributed by atoms with Gasteiger partial charge in [-0.25, -0.2) is 0 Å². The van der Waals surface area contributed by atoms with Gasteiger partial charge in [-0.1, -0.05) is 42.5 Å². The summed E-state index contributed by atoms with van der Waals surface area (Å²) in [5.74, 6) is -0.337. The molecule has 1 aliphatic heterocycles. The summed E-state index contributed by atoms with van der Waals surface area (Å²) in [5, 5.41) is 0. The number of aryl methyl sites for hydroxylation is 1. The summed E-state index contributed by atoms with van der Waals surface area (Å²) >= 11 is 0. The minimum absolute atomic E-state index is 0.0308. The summed E-state index contributed by atoms with van der Waals surface area (Å²) in [6.07, 6.45) is 3.93. The molecule has 5 heteroatoms. The Labute approximate surface area is 184 Å². The molecular formula is C26H31NO4. The molecule has 1 saturated heterocycles. The third kappa shape index (κ3) is 5.60. The van der Waals surface area contributed by atoms with Gasteiger partial charge < -0.3 is 9.64 Å². The predicted octanol–water partition coefficient (Wildman–Crippen LogP) is 4.70. The van der Waals surface area contributed by atoms with Crippen LogP contribution in [0.2, 0.25) is 0 Å². The van der Waals surface area contributed by atoms with Crippen molar-refractivity contribution in [1.82, 2.24) is 4.90 Å². The number of ether oxygens (including phenoxy) is 1. The van der Waals surface area contributed by atoms with Crippen molar-refractivity contribution in [2.24, 2.45) is 5.41 Å². The largest absolute Gasteiger partial charge is 0.466 e. The van der Waals surface area contributed by atoms with Crippen LogP contribution in [0.25, 0.3) is 0 Å². The van der Waals surface area contributed by atoms with Gasteiger partial charge >= 0.3 is 5.97 Å². The van der Waals surface area contributed by atoms with E-state index in [9.17, 15) is 14.4 Å². The number of carbonyl (C=O) groups excluding carboxylic acids is 3. The lowest BCUT2D eigenvalue weighted by molar-refractivity contribution is -0.159. The van der Waals surface area contributed by atoms with Gasteiger partial charge in [-0.2, -0.15) is 0 Å². The normalized spacial score (nSPS) is 18.5. The number of Topliss-reactive ketones (excluding diaryl/α,β-unsaturated/α-hetero) is 1. The molecule has 1 aliphatic rings. The maximum atomic E-state index is 13.1. The zero-order valence-corrected chi connectivity index (χ0v) is 18.4. The fourth-order valence-corrected chi connectivity index (χ4v) is 4.37. The molecule has 1 fully saturated rings. The zero-order valence-electron chi connectivity index (χ0n) is 18.4.